The van der Waals surface area contributed by atoms with E-state index in [1.165, 1.54) is 11.3 Å². The van der Waals surface area contributed by atoms with Crippen LogP contribution in [0, 0.1) is 0 Å². The van der Waals surface area contributed by atoms with Gasteiger partial charge in [0.1, 0.15) is 0 Å². The molecule has 0 aliphatic carbocycles. The van der Waals surface area contributed by atoms with Gasteiger partial charge in [-0.05, 0) is 77.7 Å². The lowest BCUT2D eigenvalue weighted by molar-refractivity contribution is 0.0952. The number of hydrogen-bond acceptors (Lipinski definition) is 4. The van der Waals surface area contributed by atoms with E-state index in [9.17, 15) is 4.79 Å². The molecule has 2 aromatic carbocycles. The van der Waals surface area contributed by atoms with Crippen LogP contribution in [0.15, 0.2) is 65.4 Å². The highest BCUT2D eigenvalue weighted by molar-refractivity contribution is 7.08. The topological polar surface area (TPSA) is 35.6 Å². The normalized spacial score (nSPS) is 14.5. The molecule has 4 nitrogen and oxygen atoms in total. The molecule has 1 aromatic heterocycles. The first-order valence-corrected chi connectivity index (χ1v) is 12.1. The molecule has 1 saturated heterocycles. The minimum Gasteiger partial charge on any atom is -0.369 e. The van der Waals surface area contributed by atoms with E-state index in [0.29, 0.717) is 6.54 Å². The van der Waals surface area contributed by atoms with E-state index in [-0.39, 0.29) is 5.91 Å². The van der Waals surface area contributed by atoms with Crippen molar-refractivity contribution in [1.29, 1.82) is 0 Å². The first kappa shape index (κ1) is 21.9. The Morgan fingerprint density at radius 1 is 0.968 bits per heavy atom. The van der Waals surface area contributed by atoms with Gasteiger partial charge in [0.15, 0.2) is 0 Å². The van der Waals surface area contributed by atoms with Gasteiger partial charge in [0.05, 0.1) is 0 Å². The molecule has 0 bridgehead atoms. The van der Waals surface area contributed by atoms with Gasteiger partial charge in [0, 0.05) is 49.0 Å². The second-order valence-corrected chi connectivity index (χ2v) is 9.08. The zero-order valence-electron chi connectivity index (χ0n) is 17.6. The third-order valence-electron chi connectivity index (χ3n) is 5.73. The van der Waals surface area contributed by atoms with Gasteiger partial charge in [0.2, 0.25) is 0 Å². The smallest absolute Gasteiger partial charge is 0.251 e. The van der Waals surface area contributed by atoms with Crippen molar-refractivity contribution in [3.05, 3.63) is 75.9 Å². The Labute approximate surface area is 193 Å². The lowest BCUT2D eigenvalue weighted by Gasteiger charge is -2.36. The Bertz CT molecular complexity index is 967. The molecule has 0 radical (unpaired) electrons. The highest BCUT2D eigenvalue weighted by Crippen LogP contribution is 2.22. The van der Waals surface area contributed by atoms with E-state index >= 15 is 0 Å². The van der Waals surface area contributed by atoms with Gasteiger partial charge in [-0.15, -0.1) is 0 Å². The molecule has 1 amide bonds. The van der Waals surface area contributed by atoms with E-state index in [2.05, 4.69) is 38.0 Å². The molecule has 6 heteroatoms. The summed E-state index contributed by atoms with van der Waals surface area (Å²) in [7, 11) is 0. The third kappa shape index (κ3) is 6.10. The second kappa shape index (κ2) is 10.8. The standard InChI is InChI=1S/C25H28ClN3OS/c26-23-4-3-5-24(18-23)29-15-13-28(14-16-29)12-2-1-11-27-25(30)21-8-6-20(7-9-21)22-10-17-31-19-22/h3-10,17-19H,1-2,11-16H2,(H,27,30). The lowest BCUT2D eigenvalue weighted by Crippen LogP contribution is -2.46. The second-order valence-electron chi connectivity index (χ2n) is 7.86. The summed E-state index contributed by atoms with van der Waals surface area (Å²) in [5.74, 6) is 0.00649. The van der Waals surface area contributed by atoms with Crippen molar-refractivity contribution in [3.8, 4) is 11.1 Å². The van der Waals surface area contributed by atoms with Crippen LogP contribution in [-0.2, 0) is 0 Å². The van der Waals surface area contributed by atoms with Crippen molar-refractivity contribution in [2.75, 3.05) is 44.2 Å². The van der Waals surface area contributed by atoms with Gasteiger partial charge in [-0.2, -0.15) is 11.3 Å². The number of nitrogens with one attached hydrogen (secondary N) is 1. The summed E-state index contributed by atoms with van der Waals surface area (Å²) in [5, 5.41) is 8.02. The Morgan fingerprint density at radius 3 is 2.48 bits per heavy atom. The summed E-state index contributed by atoms with van der Waals surface area (Å²) in [6.07, 6.45) is 2.09. The molecule has 1 N–H and O–H groups in total. The summed E-state index contributed by atoms with van der Waals surface area (Å²) < 4.78 is 0. The van der Waals surface area contributed by atoms with Crippen molar-refractivity contribution in [1.82, 2.24) is 10.2 Å². The average molecular weight is 454 g/mol. The van der Waals surface area contributed by atoms with Gasteiger partial charge < -0.3 is 10.2 Å². The van der Waals surface area contributed by atoms with Crippen LogP contribution in [0.5, 0.6) is 0 Å². The van der Waals surface area contributed by atoms with Crippen molar-refractivity contribution in [3.63, 3.8) is 0 Å². The summed E-state index contributed by atoms with van der Waals surface area (Å²) in [6.45, 7) is 5.98. The minimum absolute atomic E-state index is 0.00649. The Hall–Kier alpha value is -2.34. The summed E-state index contributed by atoms with van der Waals surface area (Å²) in [4.78, 5) is 17.3. The number of thiophene rings is 1. The minimum atomic E-state index is 0.00649. The van der Waals surface area contributed by atoms with Crippen molar-refractivity contribution in [2.45, 2.75) is 12.8 Å². The highest BCUT2D eigenvalue weighted by Gasteiger charge is 2.17. The van der Waals surface area contributed by atoms with Crippen LogP contribution >= 0.6 is 22.9 Å². The van der Waals surface area contributed by atoms with E-state index in [0.717, 1.165) is 61.7 Å². The number of carbonyl (C=O) groups excluding carboxylic acids is 1. The first-order chi connectivity index (χ1) is 15.2. The van der Waals surface area contributed by atoms with Crippen LogP contribution in [0.3, 0.4) is 0 Å². The Kier molecular flexibility index (Phi) is 7.62. The van der Waals surface area contributed by atoms with Crippen molar-refractivity contribution < 1.29 is 4.79 Å². The number of piperazine rings is 1. The molecule has 31 heavy (non-hydrogen) atoms. The van der Waals surface area contributed by atoms with Crippen molar-refractivity contribution >= 4 is 34.5 Å². The number of rotatable bonds is 8. The largest absolute Gasteiger partial charge is 0.369 e. The fourth-order valence-corrected chi connectivity index (χ4v) is 4.76. The highest BCUT2D eigenvalue weighted by atomic mass is 35.5. The van der Waals surface area contributed by atoms with E-state index in [1.807, 2.05) is 42.5 Å². The fourth-order valence-electron chi connectivity index (χ4n) is 3.91. The molecule has 2 heterocycles. The van der Waals surface area contributed by atoms with Gasteiger partial charge in [-0.3, -0.25) is 9.69 Å². The molecule has 0 unspecified atom stereocenters. The monoisotopic (exact) mass is 453 g/mol. The molecule has 3 aromatic rings. The number of benzene rings is 2. The zero-order valence-corrected chi connectivity index (χ0v) is 19.2. The number of carbonyl (C=O) groups is 1. The fraction of sp³-hybridized carbons (Fsp3) is 0.320. The molecule has 162 valence electrons. The quantitative estimate of drug-likeness (QED) is 0.464. The first-order valence-electron chi connectivity index (χ1n) is 10.8. The van der Waals surface area contributed by atoms with Crippen LogP contribution in [0.4, 0.5) is 5.69 Å². The number of amides is 1. The molecular weight excluding hydrogens is 426 g/mol. The molecule has 1 aliphatic rings. The van der Waals surface area contributed by atoms with Gasteiger partial charge in [-0.25, -0.2) is 0 Å². The predicted octanol–water partition coefficient (Wildman–Crippen LogP) is 5.40. The average Bonchev–Trinajstić information content (AvgIpc) is 3.34. The third-order valence-corrected chi connectivity index (χ3v) is 6.65. The van der Waals surface area contributed by atoms with E-state index < -0.39 is 0 Å². The summed E-state index contributed by atoms with van der Waals surface area (Å²) in [5.41, 5.74) is 4.27. The van der Waals surface area contributed by atoms with Crippen LogP contribution in [0.25, 0.3) is 11.1 Å². The summed E-state index contributed by atoms with van der Waals surface area (Å²) in [6, 6.07) is 18.0. The molecule has 1 fully saturated rings. The van der Waals surface area contributed by atoms with Gasteiger partial charge in [-0.1, -0.05) is 29.8 Å². The molecule has 0 spiro atoms. The maximum Gasteiger partial charge on any atom is 0.251 e. The number of hydrogen-bond donors (Lipinski definition) is 1. The van der Waals surface area contributed by atoms with Crippen LogP contribution < -0.4 is 10.2 Å². The maximum absolute atomic E-state index is 12.4. The van der Waals surface area contributed by atoms with E-state index in [4.69, 9.17) is 11.6 Å². The SMILES string of the molecule is O=C(NCCCCN1CCN(c2cccc(Cl)c2)CC1)c1ccc(-c2ccsc2)cc1. The number of anilines is 1. The number of unbranched alkanes of at least 4 members (excludes halogenated alkanes) is 1. The molecule has 0 saturated carbocycles. The molecule has 1 aliphatic heterocycles. The van der Waals surface area contributed by atoms with Gasteiger partial charge >= 0.3 is 0 Å². The lowest BCUT2D eigenvalue weighted by atomic mass is 10.1. The molecule has 4 rings (SSSR count). The summed E-state index contributed by atoms with van der Waals surface area (Å²) >= 11 is 7.79. The van der Waals surface area contributed by atoms with Crippen LogP contribution in [0.2, 0.25) is 5.02 Å². The maximum atomic E-state index is 12.4. The molecule has 0 atom stereocenters. The number of nitrogens with zero attached hydrogens (tertiary/aromatic N) is 2. The van der Waals surface area contributed by atoms with Crippen LogP contribution in [-0.4, -0.2) is 50.1 Å². The predicted molar refractivity (Wildman–Crippen MR) is 131 cm³/mol. The Balaban J connectivity index is 1.12. The van der Waals surface area contributed by atoms with Crippen LogP contribution in [0.1, 0.15) is 23.2 Å². The zero-order chi connectivity index (χ0) is 21.5. The van der Waals surface area contributed by atoms with Gasteiger partial charge in [0.25, 0.3) is 5.91 Å². The van der Waals surface area contributed by atoms with Crippen molar-refractivity contribution in [2.24, 2.45) is 0 Å². The Morgan fingerprint density at radius 2 is 1.77 bits per heavy atom. The van der Waals surface area contributed by atoms with E-state index in [1.54, 1.807) is 11.3 Å². The molecular formula is C25H28ClN3OS. The number of halogens is 1.